The molecular formula is C32H22Ar4F6O11P2S2. The van der Waals surface area contributed by atoms with Gasteiger partial charge in [0, 0.05) is 162 Å². The molecule has 0 aliphatic carbocycles. The van der Waals surface area contributed by atoms with Gasteiger partial charge >= 0.3 is 31.3 Å². The predicted octanol–water partition coefficient (Wildman–Crippen LogP) is 5.39. The van der Waals surface area contributed by atoms with Crippen molar-refractivity contribution in [2.75, 3.05) is 26.4 Å². The summed E-state index contributed by atoms with van der Waals surface area (Å²) in [5.41, 5.74) is -11.6. The quantitative estimate of drug-likeness (QED) is 0.110. The Bertz CT molecular complexity index is 2400. The molecule has 0 amide bonds. The first-order valence-corrected chi connectivity index (χ1v) is 19.2. The fraction of sp³-hybridized carbons (Fsp3) is 0.250. The van der Waals surface area contributed by atoms with Gasteiger partial charge in [0.1, 0.15) is 54.8 Å². The van der Waals surface area contributed by atoms with Crippen LogP contribution in [-0.2, 0) is 35.6 Å². The molecule has 0 saturated carbocycles. The monoisotopic (exact) mass is 982 g/mol. The van der Waals surface area contributed by atoms with Gasteiger partial charge in [0.05, 0.1) is 21.8 Å². The second kappa shape index (κ2) is 19.2. The van der Waals surface area contributed by atoms with Crippen LogP contribution < -0.4 is 37.9 Å². The second-order valence-electron chi connectivity index (χ2n) is 12.0. The molecule has 0 aromatic heterocycles. The molecule has 4 aromatic rings. The Kier molecular flexibility index (Phi) is 17.6. The zero-order valence-electron chi connectivity index (χ0n) is 27.8. The van der Waals surface area contributed by atoms with Crippen LogP contribution in [0.1, 0.15) is 22.3 Å². The largest absolute Gasteiger partial charge is 0.534 e. The van der Waals surface area contributed by atoms with Crippen molar-refractivity contribution in [3.8, 4) is 34.5 Å². The summed E-state index contributed by atoms with van der Waals surface area (Å²) in [7, 11) is -9.44. The normalized spacial score (nSPS) is 19.5. The summed E-state index contributed by atoms with van der Waals surface area (Å²) in [6, 6.07) is 18.2. The number of hydrogen-bond donors (Lipinski definition) is 0. The average Bonchev–Trinajstić information content (AvgIpc) is 3.86. The summed E-state index contributed by atoms with van der Waals surface area (Å²) >= 11 is 0. The van der Waals surface area contributed by atoms with E-state index >= 15 is 0 Å². The van der Waals surface area contributed by atoms with Gasteiger partial charge in [-0.1, -0.05) is 30.3 Å². The third-order valence-electron chi connectivity index (χ3n) is 8.91. The fourth-order valence-electron chi connectivity index (χ4n) is 6.77. The summed E-state index contributed by atoms with van der Waals surface area (Å²) in [4.78, 5) is 0. The molecule has 4 aliphatic heterocycles. The maximum atomic E-state index is 12.8. The number of benzene rings is 4. The molecule has 4 heterocycles. The molecule has 0 N–H and O–H groups in total. The minimum Gasteiger partial charge on any atom is -0.492 e. The first-order valence-electron chi connectivity index (χ1n) is 15.0. The molecule has 4 aromatic carbocycles. The second-order valence-corrected chi connectivity index (χ2v) is 16.4. The van der Waals surface area contributed by atoms with E-state index in [1.807, 2.05) is 6.07 Å². The van der Waals surface area contributed by atoms with E-state index in [0.29, 0.717) is 22.4 Å². The first kappa shape index (κ1) is 52.1. The van der Waals surface area contributed by atoms with Gasteiger partial charge in [0.25, 0.3) is 0 Å². The van der Waals surface area contributed by atoms with Crippen LogP contribution in [0.2, 0.25) is 0 Å². The van der Waals surface area contributed by atoms with Crippen LogP contribution in [0, 0.1) is 151 Å². The van der Waals surface area contributed by atoms with Crippen LogP contribution in [0.4, 0.5) is 26.3 Å². The molecule has 0 bridgehead atoms. The maximum absolute atomic E-state index is 12.8. The van der Waals surface area contributed by atoms with Crippen molar-refractivity contribution in [1.82, 2.24) is 0 Å². The van der Waals surface area contributed by atoms with Crippen LogP contribution in [0.5, 0.6) is 34.5 Å². The van der Waals surface area contributed by atoms with Crippen LogP contribution in [0.15, 0.2) is 72.8 Å². The molecule has 4 aliphatic rings. The minimum absolute atomic E-state index is 0. The van der Waals surface area contributed by atoms with Crippen molar-refractivity contribution in [3.63, 3.8) is 0 Å². The summed E-state index contributed by atoms with van der Waals surface area (Å²) < 4.78 is 166. The van der Waals surface area contributed by atoms with Crippen LogP contribution in [0.25, 0.3) is 0 Å². The zero-order chi connectivity index (χ0) is 38.2. The van der Waals surface area contributed by atoms with Gasteiger partial charge in [0.2, 0.25) is 0 Å². The van der Waals surface area contributed by atoms with Crippen molar-refractivity contribution in [2.45, 2.75) is 21.8 Å². The Labute approximate surface area is 445 Å². The number of alkyl halides is 6. The van der Waals surface area contributed by atoms with E-state index in [9.17, 15) is 47.7 Å². The molecule has 11 nitrogen and oxygen atoms in total. The Morgan fingerprint density at radius 1 is 0.544 bits per heavy atom. The summed E-state index contributed by atoms with van der Waals surface area (Å²) in [5.74, 6) is 0.504. The van der Waals surface area contributed by atoms with Crippen molar-refractivity contribution in [3.05, 3.63) is 95.1 Å². The number of ether oxygens (including phenoxy) is 4. The Morgan fingerprint density at radius 3 is 1.26 bits per heavy atom. The van der Waals surface area contributed by atoms with E-state index in [0.717, 1.165) is 16.9 Å². The van der Waals surface area contributed by atoms with Gasteiger partial charge in [-0.25, -0.2) is 0 Å². The van der Waals surface area contributed by atoms with Crippen molar-refractivity contribution >= 4 is 48.5 Å². The zero-order valence-corrected chi connectivity index (χ0v) is 34.3. The fourth-order valence-corrected chi connectivity index (χ4v) is 8.80. The molecular weight excluding hydrogens is 960 g/mol. The van der Waals surface area contributed by atoms with Crippen molar-refractivity contribution < 1.29 is 226 Å². The van der Waals surface area contributed by atoms with Gasteiger partial charge in [-0.3, -0.25) is 4.57 Å². The molecule has 0 radical (unpaired) electrons. The van der Waals surface area contributed by atoms with E-state index in [1.165, 1.54) is 24.3 Å². The van der Waals surface area contributed by atoms with E-state index in [2.05, 4.69) is 17.6 Å². The number of fused-ring (bicyclic) bond motifs is 8. The smallest absolute Gasteiger partial charge is 0.492 e. The van der Waals surface area contributed by atoms with Crippen molar-refractivity contribution in [1.29, 1.82) is 0 Å². The minimum atomic E-state index is -5.87. The van der Waals surface area contributed by atoms with E-state index < -0.39 is 53.6 Å². The molecule has 0 fully saturated rings. The molecule has 3 atom stereocenters. The number of hydrogen-bond acceptors (Lipinski definition) is 11. The first-order chi connectivity index (χ1) is 24.9. The topological polar surface area (TPSA) is 141 Å². The Balaban J connectivity index is 0.000000285. The third kappa shape index (κ3) is 9.36. The summed E-state index contributed by atoms with van der Waals surface area (Å²) in [6.45, 7) is 0.170. The van der Waals surface area contributed by atoms with E-state index in [4.69, 9.17) is 18.9 Å². The SMILES string of the molecule is O=Pc1cccc2c1C1(COc3cccc(OS(=O)(=O)C(F)(F)F)c31)CO2.O=S(=O)(Oc1cccc2c1C1(COc3cccc(P)c31)CO2)C(F)(F)F.[Ar].[Ar].[Ar].[Ar]. The molecule has 25 heteroatoms. The summed E-state index contributed by atoms with van der Waals surface area (Å²) in [5, 5.41) is 1.15. The predicted molar refractivity (Wildman–Crippen MR) is 177 cm³/mol. The molecule has 3 unspecified atom stereocenters. The van der Waals surface area contributed by atoms with Gasteiger partial charge in [-0.15, -0.1) is 9.24 Å². The maximum Gasteiger partial charge on any atom is 0.534 e. The van der Waals surface area contributed by atoms with E-state index in [1.54, 1.807) is 36.4 Å². The molecule has 57 heavy (non-hydrogen) atoms. The Hall–Kier alpha value is 0.729. The number of halogens is 6. The standard InChI is InChI=1S/C16H10F3O6PS.C16H12F3O5PS.4Ar/c17-16(18,19)27(21,22)25-11-5-1-3-9-13(11)15(7-23-9)8-24-10-4-2-6-12(26-20)14(10)15;17-16(18,19)26(20,21)24-11-5-1-3-9-13(11)15(7-22-9)8-23-10-4-2-6-12(25)14(10)15;;;;/h1-6H,7-8H2;1-6H,7-8,25H2;;;;. The van der Waals surface area contributed by atoms with Gasteiger partial charge in [-0.2, -0.15) is 43.2 Å². The van der Waals surface area contributed by atoms with Crippen molar-refractivity contribution in [2.24, 2.45) is 0 Å². The molecule has 2 spiro atoms. The Morgan fingerprint density at radius 2 is 0.877 bits per heavy atom. The summed E-state index contributed by atoms with van der Waals surface area (Å²) in [6.07, 6.45) is 0. The van der Waals surface area contributed by atoms with Crippen LogP contribution in [-0.4, -0.2) is 54.3 Å². The third-order valence-corrected chi connectivity index (χ3v) is 11.9. The molecule has 0 saturated heterocycles. The van der Waals surface area contributed by atoms with E-state index in [-0.39, 0.29) is 208 Å². The molecule has 8 rings (SSSR count). The van der Waals surface area contributed by atoms with Gasteiger partial charge in [0.15, 0.2) is 20.0 Å². The molecule has 312 valence electrons. The van der Waals surface area contributed by atoms with Crippen LogP contribution >= 0.6 is 17.7 Å². The average molecular weight is 982 g/mol. The number of rotatable bonds is 5. The van der Waals surface area contributed by atoms with Crippen LogP contribution in [0.3, 0.4) is 0 Å². The van der Waals surface area contributed by atoms with Gasteiger partial charge < -0.3 is 27.3 Å². The van der Waals surface area contributed by atoms with Gasteiger partial charge in [-0.05, 0) is 47.8 Å².